The molecule has 122 valence electrons. The van der Waals surface area contributed by atoms with E-state index in [1.54, 1.807) is 24.3 Å². The summed E-state index contributed by atoms with van der Waals surface area (Å²) >= 11 is 0. The predicted molar refractivity (Wildman–Crippen MR) is 85.0 cm³/mol. The topological polar surface area (TPSA) is 107 Å². The van der Waals surface area contributed by atoms with Crippen LogP contribution in [0.5, 0.6) is 17.2 Å². The van der Waals surface area contributed by atoms with Crippen molar-refractivity contribution in [1.29, 1.82) is 0 Å². The molecule has 0 saturated carbocycles. The first-order chi connectivity index (χ1) is 11.4. The number of rotatable bonds is 2. The lowest BCUT2D eigenvalue weighted by Gasteiger charge is -2.19. The van der Waals surface area contributed by atoms with Crippen molar-refractivity contribution in [3.05, 3.63) is 48.0 Å². The number of hydrogen-bond donors (Lipinski definition) is 3. The number of para-hydroxylation sites is 1. The molecule has 1 heterocycles. The van der Waals surface area contributed by atoms with Crippen molar-refractivity contribution in [3.63, 3.8) is 0 Å². The second-order valence-corrected chi connectivity index (χ2v) is 5.07. The van der Waals surface area contributed by atoms with Crippen molar-refractivity contribution < 1.29 is 29.6 Å². The first-order valence-corrected chi connectivity index (χ1v) is 6.92. The van der Waals surface area contributed by atoms with E-state index in [0.717, 1.165) is 23.1 Å². The van der Waals surface area contributed by atoms with Crippen LogP contribution >= 0.6 is 0 Å². The zero-order chi connectivity index (χ0) is 17.4. The van der Waals surface area contributed by atoms with E-state index in [1.165, 1.54) is 7.11 Å². The van der Waals surface area contributed by atoms with Crippen molar-refractivity contribution in [2.45, 2.75) is 0 Å². The average molecular weight is 327 g/mol. The van der Waals surface area contributed by atoms with Gasteiger partial charge in [-0.25, -0.2) is 4.79 Å². The van der Waals surface area contributed by atoms with E-state index < -0.39 is 23.4 Å². The molecule has 24 heavy (non-hydrogen) atoms. The lowest BCUT2D eigenvalue weighted by molar-refractivity contribution is -0.135. The number of phenolic OH excluding ortho intramolecular Hbond substituents is 3. The van der Waals surface area contributed by atoms with Gasteiger partial charge >= 0.3 is 5.97 Å². The van der Waals surface area contributed by atoms with E-state index in [2.05, 4.69) is 4.74 Å². The molecule has 0 unspecified atom stereocenters. The van der Waals surface area contributed by atoms with Crippen molar-refractivity contribution in [1.82, 2.24) is 0 Å². The second-order valence-electron chi connectivity index (χ2n) is 5.07. The molecule has 7 nitrogen and oxygen atoms in total. The third-order valence-corrected chi connectivity index (χ3v) is 3.63. The SMILES string of the molecule is COC(=O)/C=C1\C(=O)N(c2cc(O)cc(O)c2O)c2ccccc21. The van der Waals surface area contributed by atoms with Gasteiger partial charge in [-0.15, -0.1) is 0 Å². The number of anilines is 2. The Bertz CT molecular complexity index is 887. The number of carbonyl (C=O) groups excluding carboxylic acids is 2. The monoisotopic (exact) mass is 327 g/mol. The largest absolute Gasteiger partial charge is 0.508 e. The van der Waals surface area contributed by atoms with Crippen molar-refractivity contribution in [2.75, 3.05) is 12.0 Å². The van der Waals surface area contributed by atoms with Gasteiger partial charge < -0.3 is 20.1 Å². The Kier molecular flexibility index (Phi) is 3.61. The molecule has 0 atom stereocenters. The standard InChI is InChI=1S/C17H13NO6/c1-24-15(21)8-11-10-4-2-3-5-12(10)18(17(11)23)13-6-9(19)7-14(20)16(13)22/h2-8,19-20,22H,1H3/b11-8-. The van der Waals surface area contributed by atoms with E-state index >= 15 is 0 Å². The molecular formula is C17H13NO6. The molecule has 1 amide bonds. The lowest BCUT2D eigenvalue weighted by atomic mass is 10.1. The van der Waals surface area contributed by atoms with Crippen LogP contribution < -0.4 is 4.90 Å². The highest BCUT2D eigenvalue weighted by Gasteiger charge is 2.36. The fourth-order valence-corrected chi connectivity index (χ4v) is 2.56. The summed E-state index contributed by atoms with van der Waals surface area (Å²) in [6, 6.07) is 8.73. The van der Waals surface area contributed by atoms with Gasteiger partial charge in [-0.1, -0.05) is 18.2 Å². The lowest BCUT2D eigenvalue weighted by Crippen LogP contribution is -2.21. The van der Waals surface area contributed by atoms with Gasteiger partial charge in [-0.2, -0.15) is 0 Å². The highest BCUT2D eigenvalue weighted by atomic mass is 16.5. The third kappa shape index (κ3) is 2.32. The smallest absolute Gasteiger partial charge is 0.331 e. The number of nitrogens with zero attached hydrogens (tertiary/aromatic N) is 1. The van der Waals surface area contributed by atoms with E-state index in [4.69, 9.17) is 0 Å². The summed E-state index contributed by atoms with van der Waals surface area (Å²) in [5.41, 5.74) is 0.853. The molecule has 3 N–H and O–H groups in total. The van der Waals surface area contributed by atoms with E-state index in [0.29, 0.717) is 11.3 Å². The summed E-state index contributed by atoms with van der Waals surface area (Å²) in [6.07, 6.45) is 1.06. The van der Waals surface area contributed by atoms with E-state index in [9.17, 15) is 24.9 Å². The minimum Gasteiger partial charge on any atom is -0.508 e. The van der Waals surface area contributed by atoms with Gasteiger partial charge in [0.1, 0.15) is 5.75 Å². The van der Waals surface area contributed by atoms with Crippen molar-refractivity contribution in [3.8, 4) is 17.2 Å². The number of benzene rings is 2. The molecule has 2 aromatic rings. The summed E-state index contributed by atoms with van der Waals surface area (Å²) < 4.78 is 4.56. The molecule has 0 radical (unpaired) electrons. The van der Waals surface area contributed by atoms with Gasteiger partial charge in [-0.3, -0.25) is 9.69 Å². The van der Waals surface area contributed by atoms with Gasteiger partial charge in [0.25, 0.3) is 5.91 Å². The van der Waals surface area contributed by atoms with Crippen LogP contribution in [-0.4, -0.2) is 34.3 Å². The Labute approximate surface area is 136 Å². The molecule has 1 aliphatic heterocycles. The molecule has 0 spiro atoms. The Hall–Kier alpha value is -3.48. The normalized spacial score (nSPS) is 14.8. The maximum absolute atomic E-state index is 12.8. The Morgan fingerprint density at radius 2 is 1.83 bits per heavy atom. The van der Waals surface area contributed by atoms with Crippen molar-refractivity contribution in [2.24, 2.45) is 0 Å². The van der Waals surface area contributed by atoms with Crippen LogP contribution in [0, 0.1) is 0 Å². The molecule has 0 aromatic heterocycles. The van der Waals surface area contributed by atoms with E-state index in [-0.39, 0.29) is 17.0 Å². The first-order valence-electron chi connectivity index (χ1n) is 6.92. The van der Waals surface area contributed by atoms with Crippen LogP contribution in [0.4, 0.5) is 11.4 Å². The summed E-state index contributed by atoms with van der Waals surface area (Å²) in [5.74, 6) is -2.74. The minimum atomic E-state index is -0.696. The maximum atomic E-state index is 12.8. The Balaban J connectivity index is 2.23. The average Bonchev–Trinajstić information content (AvgIpc) is 2.83. The predicted octanol–water partition coefficient (Wildman–Crippen LogP) is 2.04. The number of amides is 1. The van der Waals surface area contributed by atoms with Crippen LogP contribution in [-0.2, 0) is 14.3 Å². The summed E-state index contributed by atoms with van der Waals surface area (Å²) in [6.45, 7) is 0. The molecule has 0 bridgehead atoms. The van der Waals surface area contributed by atoms with Gasteiger partial charge in [-0.05, 0) is 6.07 Å². The van der Waals surface area contributed by atoms with Crippen LogP contribution in [0.25, 0.3) is 5.57 Å². The third-order valence-electron chi connectivity index (χ3n) is 3.63. The van der Waals surface area contributed by atoms with Crippen molar-refractivity contribution >= 4 is 28.8 Å². The molecule has 0 saturated heterocycles. The molecule has 7 heteroatoms. The zero-order valence-corrected chi connectivity index (χ0v) is 12.6. The number of aromatic hydroxyl groups is 3. The number of phenols is 3. The fourth-order valence-electron chi connectivity index (χ4n) is 2.56. The zero-order valence-electron chi connectivity index (χ0n) is 12.6. The van der Waals surface area contributed by atoms with Gasteiger partial charge in [0.2, 0.25) is 0 Å². The molecule has 2 aromatic carbocycles. The summed E-state index contributed by atoms with van der Waals surface area (Å²) in [7, 11) is 1.20. The Morgan fingerprint density at radius 3 is 2.54 bits per heavy atom. The number of methoxy groups -OCH3 is 1. The molecule has 0 fully saturated rings. The first kappa shape index (κ1) is 15.4. The van der Waals surface area contributed by atoms with Crippen LogP contribution in [0.15, 0.2) is 42.5 Å². The minimum absolute atomic E-state index is 0.0830. The fraction of sp³-hybridized carbons (Fsp3) is 0.0588. The summed E-state index contributed by atoms with van der Waals surface area (Å²) in [4.78, 5) is 25.4. The van der Waals surface area contributed by atoms with Crippen LogP contribution in [0.2, 0.25) is 0 Å². The second kappa shape index (κ2) is 5.62. The van der Waals surface area contributed by atoms with E-state index in [1.807, 2.05) is 0 Å². The number of hydrogen-bond acceptors (Lipinski definition) is 6. The highest BCUT2D eigenvalue weighted by molar-refractivity contribution is 6.37. The van der Waals surface area contributed by atoms with Crippen LogP contribution in [0.3, 0.4) is 0 Å². The number of carbonyl (C=O) groups is 2. The molecule has 3 rings (SSSR count). The summed E-state index contributed by atoms with van der Waals surface area (Å²) in [5, 5.41) is 29.4. The molecule has 1 aliphatic rings. The molecule has 0 aliphatic carbocycles. The highest BCUT2D eigenvalue weighted by Crippen LogP contribution is 2.48. The van der Waals surface area contributed by atoms with Gasteiger partial charge in [0.15, 0.2) is 11.5 Å². The quantitative estimate of drug-likeness (QED) is 0.337. The maximum Gasteiger partial charge on any atom is 0.331 e. The Morgan fingerprint density at radius 1 is 1.12 bits per heavy atom. The number of ether oxygens (including phenoxy) is 1. The van der Waals surface area contributed by atoms with Crippen LogP contribution in [0.1, 0.15) is 5.56 Å². The van der Waals surface area contributed by atoms with Gasteiger partial charge in [0, 0.05) is 23.8 Å². The number of esters is 1. The van der Waals surface area contributed by atoms with Gasteiger partial charge in [0.05, 0.1) is 24.1 Å². The number of fused-ring (bicyclic) bond motifs is 1. The molecular weight excluding hydrogens is 314 g/mol.